The fourth-order valence-corrected chi connectivity index (χ4v) is 2.85. The first kappa shape index (κ1) is 16.3. The number of rotatable bonds is 3. The first-order valence-corrected chi connectivity index (χ1v) is 7.64. The van der Waals surface area contributed by atoms with E-state index in [4.69, 9.17) is 12.2 Å². The number of carbonyl (C=O) groups is 2. The molecule has 0 unspecified atom stereocenters. The van der Waals surface area contributed by atoms with E-state index in [9.17, 15) is 18.4 Å². The molecule has 0 saturated carbocycles. The fourth-order valence-electron chi connectivity index (χ4n) is 2.62. The molecule has 0 radical (unpaired) electrons. The van der Waals surface area contributed by atoms with Crippen molar-refractivity contribution in [2.24, 2.45) is 0 Å². The summed E-state index contributed by atoms with van der Waals surface area (Å²) in [6.07, 6.45) is 1.84. The molecule has 2 N–H and O–H groups in total. The van der Waals surface area contributed by atoms with E-state index in [1.807, 2.05) is 0 Å². The molecule has 2 heterocycles. The molecule has 0 spiro atoms. The molecule has 1 aliphatic heterocycles. The molecule has 1 saturated heterocycles. The molecule has 0 bridgehead atoms. The molecular weight excluding hydrogens is 336 g/mol. The van der Waals surface area contributed by atoms with Crippen LogP contribution in [0.3, 0.4) is 0 Å². The van der Waals surface area contributed by atoms with E-state index in [0.717, 1.165) is 17.0 Å². The SMILES string of the molecule is O=C(N[C@@H]1CCN(c2c(F)cccc2F)C1=O)c1ccc[nH]c1=S. The summed E-state index contributed by atoms with van der Waals surface area (Å²) >= 11 is 5.02. The van der Waals surface area contributed by atoms with E-state index < -0.39 is 35.2 Å². The molecule has 1 aromatic heterocycles. The Morgan fingerprint density at radius 1 is 1.25 bits per heavy atom. The van der Waals surface area contributed by atoms with Crippen LogP contribution in [0.15, 0.2) is 36.5 Å². The second kappa shape index (κ2) is 6.48. The zero-order chi connectivity index (χ0) is 17.3. The molecule has 1 fully saturated rings. The van der Waals surface area contributed by atoms with Gasteiger partial charge < -0.3 is 15.2 Å². The maximum atomic E-state index is 13.8. The summed E-state index contributed by atoms with van der Waals surface area (Å²) in [5, 5.41) is 2.56. The van der Waals surface area contributed by atoms with Gasteiger partial charge in [0.1, 0.15) is 28.0 Å². The minimum atomic E-state index is -0.855. The number of hydrogen-bond acceptors (Lipinski definition) is 3. The van der Waals surface area contributed by atoms with Gasteiger partial charge in [-0.15, -0.1) is 0 Å². The molecular formula is C16H13F2N3O2S. The first-order valence-electron chi connectivity index (χ1n) is 7.23. The number of benzene rings is 1. The molecule has 24 heavy (non-hydrogen) atoms. The minimum Gasteiger partial charge on any atom is -0.352 e. The van der Waals surface area contributed by atoms with Crippen LogP contribution in [-0.4, -0.2) is 29.4 Å². The number of H-pyrrole nitrogens is 1. The van der Waals surface area contributed by atoms with E-state index in [2.05, 4.69) is 10.3 Å². The van der Waals surface area contributed by atoms with Crippen LogP contribution in [0.1, 0.15) is 16.8 Å². The van der Waals surface area contributed by atoms with Crippen LogP contribution in [0, 0.1) is 16.3 Å². The number of pyridine rings is 1. The number of carbonyl (C=O) groups excluding carboxylic acids is 2. The third-order valence-corrected chi connectivity index (χ3v) is 4.12. The average molecular weight is 349 g/mol. The number of halogens is 2. The zero-order valence-electron chi connectivity index (χ0n) is 12.4. The quantitative estimate of drug-likeness (QED) is 0.837. The summed E-state index contributed by atoms with van der Waals surface area (Å²) in [6.45, 7) is 0.114. The lowest BCUT2D eigenvalue weighted by atomic mass is 10.2. The number of para-hydroxylation sites is 1. The largest absolute Gasteiger partial charge is 0.352 e. The van der Waals surface area contributed by atoms with Gasteiger partial charge in [0.05, 0.1) is 5.56 Å². The van der Waals surface area contributed by atoms with Crippen molar-refractivity contribution in [2.45, 2.75) is 12.5 Å². The number of anilines is 1. The number of amides is 2. The van der Waals surface area contributed by atoms with Crippen molar-refractivity contribution in [3.05, 3.63) is 58.4 Å². The second-order valence-electron chi connectivity index (χ2n) is 5.29. The van der Waals surface area contributed by atoms with Gasteiger partial charge in [0.25, 0.3) is 5.91 Å². The molecule has 0 aliphatic carbocycles. The van der Waals surface area contributed by atoms with Gasteiger partial charge in [-0.1, -0.05) is 18.3 Å². The summed E-state index contributed by atoms with van der Waals surface area (Å²) in [5.74, 6) is -2.70. The standard InChI is InChI=1S/C16H13F2N3O2S/c17-10-4-1-5-11(18)13(10)21-8-6-12(16(21)23)20-14(22)9-3-2-7-19-15(9)24/h1-5,7,12H,6,8H2,(H,19,24)(H,20,22)/t12-/m1/s1. The molecule has 8 heteroatoms. The van der Waals surface area contributed by atoms with Gasteiger partial charge in [-0.3, -0.25) is 9.59 Å². The topological polar surface area (TPSA) is 65.2 Å². The van der Waals surface area contributed by atoms with Gasteiger partial charge in [0.2, 0.25) is 5.91 Å². The number of aromatic amines is 1. The number of nitrogens with one attached hydrogen (secondary N) is 2. The summed E-state index contributed by atoms with van der Waals surface area (Å²) in [4.78, 5) is 28.4. The van der Waals surface area contributed by atoms with Gasteiger partial charge in [-0.2, -0.15) is 0 Å². The lowest BCUT2D eigenvalue weighted by Crippen LogP contribution is -2.42. The van der Waals surface area contributed by atoms with E-state index >= 15 is 0 Å². The van der Waals surface area contributed by atoms with E-state index in [1.165, 1.54) is 12.1 Å². The first-order chi connectivity index (χ1) is 11.5. The Morgan fingerprint density at radius 3 is 2.62 bits per heavy atom. The molecule has 1 aromatic carbocycles. The third kappa shape index (κ3) is 2.92. The molecule has 1 atom stereocenters. The second-order valence-corrected chi connectivity index (χ2v) is 5.70. The van der Waals surface area contributed by atoms with E-state index in [-0.39, 0.29) is 23.2 Å². The van der Waals surface area contributed by atoms with Gasteiger partial charge in [-0.25, -0.2) is 8.78 Å². The molecule has 2 amide bonds. The summed E-state index contributed by atoms with van der Waals surface area (Å²) in [7, 11) is 0. The van der Waals surface area contributed by atoms with E-state index in [0.29, 0.717) is 0 Å². The number of aromatic nitrogens is 1. The van der Waals surface area contributed by atoms with Crippen LogP contribution in [0.5, 0.6) is 0 Å². The molecule has 1 aliphatic rings. The van der Waals surface area contributed by atoms with Crippen LogP contribution in [0.2, 0.25) is 0 Å². The highest BCUT2D eigenvalue weighted by molar-refractivity contribution is 7.71. The van der Waals surface area contributed by atoms with Crippen molar-refractivity contribution >= 4 is 29.7 Å². The van der Waals surface area contributed by atoms with Crippen molar-refractivity contribution in [3.8, 4) is 0 Å². The van der Waals surface area contributed by atoms with Crippen molar-refractivity contribution < 1.29 is 18.4 Å². The monoisotopic (exact) mass is 349 g/mol. The summed E-state index contributed by atoms with van der Waals surface area (Å²) in [6, 6.07) is 5.68. The van der Waals surface area contributed by atoms with Gasteiger partial charge in [0.15, 0.2) is 0 Å². The van der Waals surface area contributed by atoms with Crippen molar-refractivity contribution in [1.29, 1.82) is 0 Å². The third-order valence-electron chi connectivity index (χ3n) is 3.78. The maximum absolute atomic E-state index is 13.8. The van der Waals surface area contributed by atoms with Crippen LogP contribution in [0.25, 0.3) is 0 Å². The summed E-state index contributed by atoms with van der Waals surface area (Å²) < 4.78 is 27.9. The molecule has 2 aromatic rings. The lowest BCUT2D eigenvalue weighted by Gasteiger charge is -2.18. The highest BCUT2D eigenvalue weighted by Gasteiger charge is 2.36. The number of nitrogens with zero attached hydrogens (tertiary/aromatic N) is 1. The maximum Gasteiger partial charge on any atom is 0.254 e. The predicted octanol–water partition coefficient (Wildman–Crippen LogP) is 2.56. The molecule has 3 rings (SSSR count). The smallest absolute Gasteiger partial charge is 0.254 e. The molecule has 124 valence electrons. The Kier molecular flexibility index (Phi) is 4.39. The highest BCUT2D eigenvalue weighted by atomic mass is 32.1. The zero-order valence-corrected chi connectivity index (χ0v) is 13.2. The Bertz CT molecular complexity index is 848. The number of hydrogen-bond donors (Lipinski definition) is 2. The van der Waals surface area contributed by atoms with Gasteiger partial charge in [0, 0.05) is 12.7 Å². The Labute approximate surface area is 141 Å². The summed E-state index contributed by atoms with van der Waals surface area (Å²) in [5.41, 5.74) is -0.160. The van der Waals surface area contributed by atoms with Crippen molar-refractivity contribution in [1.82, 2.24) is 10.3 Å². The van der Waals surface area contributed by atoms with E-state index in [1.54, 1.807) is 12.3 Å². The average Bonchev–Trinajstić information content (AvgIpc) is 2.89. The van der Waals surface area contributed by atoms with Gasteiger partial charge >= 0.3 is 0 Å². The van der Waals surface area contributed by atoms with Crippen LogP contribution in [0.4, 0.5) is 14.5 Å². The predicted molar refractivity (Wildman–Crippen MR) is 86.2 cm³/mol. The van der Waals surface area contributed by atoms with Gasteiger partial charge in [-0.05, 0) is 30.7 Å². The van der Waals surface area contributed by atoms with Crippen molar-refractivity contribution in [2.75, 3.05) is 11.4 Å². The highest BCUT2D eigenvalue weighted by Crippen LogP contribution is 2.27. The minimum absolute atomic E-state index is 0.114. The Morgan fingerprint density at radius 2 is 1.96 bits per heavy atom. The van der Waals surface area contributed by atoms with Crippen LogP contribution in [-0.2, 0) is 4.79 Å². The molecule has 5 nitrogen and oxygen atoms in total. The van der Waals surface area contributed by atoms with Crippen molar-refractivity contribution in [3.63, 3.8) is 0 Å². The normalized spacial score (nSPS) is 17.2. The van der Waals surface area contributed by atoms with Crippen LogP contribution < -0.4 is 10.2 Å². The Hall–Kier alpha value is -2.61. The Balaban J connectivity index is 1.79. The fraction of sp³-hybridized carbons (Fsp3) is 0.188. The lowest BCUT2D eigenvalue weighted by molar-refractivity contribution is -0.118. The van der Waals surface area contributed by atoms with Crippen LogP contribution >= 0.6 is 12.2 Å².